The molecule has 0 aromatic carbocycles. The fourth-order valence-electron chi connectivity index (χ4n) is 2.50. The summed E-state index contributed by atoms with van der Waals surface area (Å²) < 4.78 is 5.52. The quantitative estimate of drug-likeness (QED) is 0.819. The molecule has 0 spiro atoms. The fraction of sp³-hybridized carbons (Fsp3) is 0.643. The molecule has 0 N–H and O–H groups in total. The number of ether oxygens (including phenoxy) is 1. The molecule has 0 unspecified atom stereocenters. The van der Waals surface area contributed by atoms with Gasteiger partial charge in [-0.2, -0.15) is 0 Å². The van der Waals surface area contributed by atoms with Crippen molar-refractivity contribution < 1.29 is 9.53 Å². The van der Waals surface area contributed by atoms with Gasteiger partial charge in [-0.25, -0.2) is 9.97 Å². The van der Waals surface area contributed by atoms with E-state index < -0.39 is 0 Å². The molecule has 1 saturated heterocycles. The van der Waals surface area contributed by atoms with Gasteiger partial charge in [-0.15, -0.1) is 0 Å². The molecule has 6 nitrogen and oxygen atoms in total. The first kappa shape index (κ1) is 13.1. The van der Waals surface area contributed by atoms with Crippen LogP contribution in [0.3, 0.4) is 0 Å². The normalized spacial score (nSPS) is 19.1. The molecule has 1 aliphatic carbocycles. The average molecular weight is 276 g/mol. The number of piperazine rings is 1. The van der Waals surface area contributed by atoms with E-state index in [1.54, 1.807) is 12.4 Å². The second-order valence-electron chi connectivity index (χ2n) is 5.20. The molecule has 0 bridgehead atoms. The lowest BCUT2D eigenvalue weighted by Gasteiger charge is -2.35. The van der Waals surface area contributed by atoms with Gasteiger partial charge in [-0.1, -0.05) is 0 Å². The maximum absolute atomic E-state index is 12.0. The van der Waals surface area contributed by atoms with E-state index >= 15 is 0 Å². The van der Waals surface area contributed by atoms with Gasteiger partial charge in [0.1, 0.15) is 0 Å². The summed E-state index contributed by atoms with van der Waals surface area (Å²) in [5.74, 6) is 2.00. The molecule has 2 aliphatic rings. The number of anilines is 1. The first-order valence-corrected chi connectivity index (χ1v) is 7.27. The summed E-state index contributed by atoms with van der Waals surface area (Å²) in [7, 11) is 0. The van der Waals surface area contributed by atoms with Gasteiger partial charge in [0, 0.05) is 44.5 Å². The average Bonchev–Trinajstić information content (AvgIpc) is 3.32. The van der Waals surface area contributed by atoms with Crippen molar-refractivity contribution >= 4 is 11.7 Å². The maximum Gasteiger partial charge on any atom is 0.257 e. The van der Waals surface area contributed by atoms with E-state index in [0.717, 1.165) is 44.8 Å². The Kier molecular flexibility index (Phi) is 3.71. The van der Waals surface area contributed by atoms with Gasteiger partial charge in [0.05, 0.1) is 6.61 Å². The van der Waals surface area contributed by atoms with Crippen LogP contribution in [0, 0.1) is 5.92 Å². The van der Waals surface area contributed by atoms with Crippen LogP contribution in [0.15, 0.2) is 12.4 Å². The van der Waals surface area contributed by atoms with Crippen molar-refractivity contribution in [1.82, 2.24) is 14.9 Å². The van der Waals surface area contributed by atoms with E-state index in [4.69, 9.17) is 4.74 Å². The molecular weight excluding hydrogens is 256 g/mol. The first-order valence-electron chi connectivity index (χ1n) is 7.27. The lowest BCUT2D eigenvalue weighted by atomic mass is 10.2. The van der Waals surface area contributed by atoms with Crippen LogP contribution in [0.25, 0.3) is 0 Å². The Labute approximate surface area is 118 Å². The van der Waals surface area contributed by atoms with Crippen molar-refractivity contribution in [2.45, 2.75) is 19.8 Å². The molecule has 1 aromatic heterocycles. The van der Waals surface area contributed by atoms with Gasteiger partial charge in [-0.05, 0) is 19.8 Å². The minimum Gasteiger partial charge on any atom is -0.475 e. The van der Waals surface area contributed by atoms with Gasteiger partial charge in [0.15, 0.2) is 5.82 Å². The van der Waals surface area contributed by atoms with Gasteiger partial charge in [0.25, 0.3) is 5.88 Å². The topological polar surface area (TPSA) is 58.6 Å². The smallest absolute Gasteiger partial charge is 0.257 e. The Balaban J connectivity index is 1.64. The third-order valence-corrected chi connectivity index (χ3v) is 3.75. The Hall–Kier alpha value is -1.85. The highest BCUT2D eigenvalue weighted by Gasteiger charge is 2.35. The number of hydrogen-bond acceptors (Lipinski definition) is 5. The molecule has 1 amide bonds. The highest BCUT2D eigenvalue weighted by Crippen LogP contribution is 2.32. The number of rotatable bonds is 4. The third-order valence-electron chi connectivity index (χ3n) is 3.75. The van der Waals surface area contributed by atoms with Crippen LogP contribution < -0.4 is 9.64 Å². The lowest BCUT2D eigenvalue weighted by Crippen LogP contribution is -2.49. The van der Waals surface area contributed by atoms with Gasteiger partial charge in [0.2, 0.25) is 5.91 Å². The van der Waals surface area contributed by atoms with E-state index in [0.29, 0.717) is 24.3 Å². The predicted octanol–water partition coefficient (Wildman–Crippen LogP) is 0.934. The molecule has 6 heteroatoms. The SMILES string of the molecule is CCOc1nccnc1N1CCN(C(=O)C2CC2)CC1. The van der Waals surface area contributed by atoms with Gasteiger partial charge >= 0.3 is 0 Å². The van der Waals surface area contributed by atoms with E-state index in [1.807, 2.05) is 11.8 Å². The van der Waals surface area contributed by atoms with E-state index in [-0.39, 0.29) is 0 Å². The monoisotopic (exact) mass is 276 g/mol. The molecule has 2 heterocycles. The zero-order chi connectivity index (χ0) is 13.9. The maximum atomic E-state index is 12.0. The van der Waals surface area contributed by atoms with Crippen molar-refractivity contribution in [2.24, 2.45) is 5.92 Å². The summed E-state index contributed by atoms with van der Waals surface area (Å²) in [6.07, 6.45) is 5.45. The Morgan fingerprint density at radius 2 is 1.95 bits per heavy atom. The Morgan fingerprint density at radius 3 is 2.60 bits per heavy atom. The van der Waals surface area contributed by atoms with Crippen LogP contribution in [0.4, 0.5) is 5.82 Å². The summed E-state index contributed by atoms with van der Waals surface area (Å²) in [6, 6.07) is 0. The summed E-state index contributed by atoms with van der Waals surface area (Å²) in [6.45, 7) is 5.61. The first-order chi connectivity index (χ1) is 9.79. The predicted molar refractivity (Wildman–Crippen MR) is 74.7 cm³/mol. The minimum atomic E-state index is 0.303. The second-order valence-corrected chi connectivity index (χ2v) is 5.20. The lowest BCUT2D eigenvalue weighted by molar-refractivity contribution is -0.132. The number of carbonyl (C=O) groups is 1. The summed E-state index contributed by atoms with van der Waals surface area (Å²) in [5, 5.41) is 0. The Morgan fingerprint density at radius 1 is 1.25 bits per heavy atom. The largest absolute Gasteiger partial charge is 0.475 e. The standard InChI is InChI=1S/C14H20N4O2/c1-2-20-13-12(15-5-6-16-13)17-7-9-18(10-8-17)14(19)11-3-4-11/h5-6,11H,2-4,7-10H2,1H3. The highest BCUT2D eigenvalue weighted by molar-refractivity contribution is 5.81. The zero-order valence-electron chi connectivity index (χ0n) is 11.8. The van der Waals surface area contributed by atoms with Crippen LogP contribution in [-0.4, -0.2) is 53.6 Å². The highest BCUT2D eigenvalue weighted by atomic mass is 16.5. The number of aromatic nitrogens is 2. The Bertz CT molecular complexity index is 482. The molecular formula is C14H20N4O2. The zero-order valence-corrected chi connectivity index (χ0v) is 11.8. The van der Waals surface area contributed by atoms with Gasteiger partial charge in [-0.3, -0.25) is 4.79 Å². The third kappa shape index (κ3) is 2.69. The van der Waals surface area contributed by atoms with Crippen LogP contribution >= 0.6 is 0 Å². The fourth-order valence-corrected chi connectivity index (χ4v) is 2.50. The molecule has 1 aliphatic heterocycles. The molecule has 1 saturated carbocycles. The van der Waals surface area contributed by atoms with Crippen LogP contribution in [0.5, 0.6) is 5.88 Å². The van der Waals surface area contributed by atoms with Crippen LogP contribution in [-0.2, 0) is 4.79 Å². The number of nitrogens with zero attached hydrogens (tertiary/aromatic N) is 4. The number of hydrogen-bond donors (Lipinski definition) is 0. The van der Waals surface area contributed by atoms with Crippen molar-refractivity contribution in [2.75, 3.05) is 37.7 Å². The van der Waals surface area contributed by atoms with Crippen LogP contribution in [0.2, 0.25) is 0 Å². The summed E-state index contributed by atoms with van der Waals surface area (Å²) in [5.41, 5.74) is 0. The van der Waals surface area contributed by atoms with Crippen molar-refractivity contribution in [3.8, 4) is 5.88 Å². The minimum absolute atomic E-state index is 0.303. The van der Waals surface area contributed by atoms with Gasteiger partial charge < -0.3 is 14.5 Å². The van der Waals surface area contributed by atoms with Crippen molar-refractivity contribution in [1.29, 1.82) is 0 Å². The molecule has 2 fully saturated rings. The number of carbonyl (C=O) groups excluding carboxylic acids is 1. The van der Waals surface area contributed by atoms with E-state index in [9.17, 15) is 4.79 Å². The number of amides is 1. The molecule has 20 heavy (non-hydrogen) atoms. The molecule has 3 rings (SSSR count). The van der Waals surface area contributed by atoms with Crippen molar-refractivity contribution in [3.63, 3.8) is 0 Å². The van der Waals surface area contributed by atoms with Crippen LogP contribution in [0.1, 0.15) is 19.8 Å². The molecule has 1 aromatic rings. The van der Waals surface area contributed by atoms with Crippen molar-refractivity contribution in [3.05, 3.63) is 12.4 Å². The summed E-state index contributed by atoms with van der Waals surface area (Å²) in [4.78, 5) is 24.8. The second kappa shape index (κ2) is 5.64. The summed E-state index contributed by atoms with van der Waals surface area (Å²) >= 11 is 0. The van der Waals surface area contributed by atoms with E-state index in [2.05, 4.69) is 14.9 Å². The molecule has 108 valence electrons. The van der Waals surface area contributed by atoms with E-state index in [1.165, 1.54) is 0 Å². The molecule has 0 radical (unpaired) electrons. The molecule has 0 atom stereocenters.